The van der Waals surface area contributed by atoms with Crippen LogP contribution >= 0.6 is 0 Å². The second-order valence-electron chi connectivity index (χ2n) is 4.87. The van der Waals surface area contributed by atoms with Crippen LogP contribution in [0.1, 0.15) is 17.3 Å². The van der Waals surface area contributed by atoms with Crippen LogP contribution < -0.4 is 0 Å². The Morgan fingerprint density at radius 2 is 1.52 bits per heavy atom. The first-order chi connectivity index (χ1) is 10.1. The summed E-state index contributed by atoms with van der Waals surface area (Å²) in [5.41, 5.74) is 4.23. The Morgan fingerprint density at radius 3 is 2.05 bits per heavy atom. The molecule has 0 aliphatic heterocycles. The van der Waals surface area contributed by atoms with E-state index in [9.17, 15) is 4.79 Å². The van der Waals surface area contributed by atoms with Crippen molar-refractivity contribution in [1.29, 1.82) is 0 Å². The molecule has 0 aromatic heterocycles. The summed E-state index contributed by atoms with van der Waals surface area (Å²) in [6.07, 6.45) is 3.32. The van der Waals surface area contributed by atoms with Crippen molar-refractivity contribution in [3.63, 3.8) is 0 Å². The van der Waals surface area contributed by atoms with Gasteiger partial charge in [0.15, 0.2) is 5.78 Å². The fourth-order valence-corrected chi connectivity index (χ4v) is 2.13. The summed E-state index contributed by atoms with van der Waals surface area (Å²) >= 11 is 0. The molecule has 0 bridgehead atoms. The number of rotatable bonds is 5. The average molecular weight is 274 g/mol. The van der Waals surface area contributed by atoms with Crippen molar-refractivity contribution in [3.8, 4) is 11.1 Å². The van der Waals surface area contributed by atoms with Crippen molar-refractivity contribution in [3.05, 3.63) is 96.6 Å². The van der Waals surface area contributed by atoms with E-state index in [1.54, 1.807) is 12.2 Å². The number of hydrogen-bond donors (Lipinski definition) is 0. The molecule has 0 saturated carbocycles. The van der Waals surface area contributed by atoms with Crippen molar-refractivity contribution >= 4 is 5.78 Å². The first-order valence-electron chi connectivity index (χ1n) is 6.82. The van der Waals surface area contributed by atoms with Crippen molar-refractivity contribution in [2.45, 2.75) is 6.92 Å². The van der Waals surface area contributed by atoms with Crippen LogP contribution in [0.25, 0.3) is 11.1 Å². The number of carbonyl (C=O) groups is 1. The molecule has 0 atom stereocenters. The molecule has 0 unspecified atom stereocenters. The molecule has 2 rings (SSSR count). The third kappa shape index (κ3) is 3.46. The molecule has 0 saturated heterocycles. The molecule has 21 heavy (non-hydrogen) atoms. The monoisotopic (exact) mass is 274 g/mol. The number of carbonyl (C=O) groups excluding carboxylic acids is 1. The Bertz CT molecular complexity index is 688. The fraction of sp³-hybridized carbons (Fsp3) is 0.0500. The molecule has 0 aliphatic carbocycles. The Morgan fingerprint density at radius 1 is 0.952 bits per heavy atom. The van der Waals surface area contributed by atoms with Gasteiger partial charge in [-0.2, -0.15) is 0 Å². The van der Waals surface area contributed by atoms with Crippen LogP contribution in [0.4, 0.5) is 0 Å². The maximum absolute atomic E-state index is 12.4. The second-order valence-corrected chi connectivity index (χ2v) is 4.87. The van der Waals surface area contributed by atoms with E-state index >= 15 is 0 Å². The predicted molar refractivity (Wildman–Crippen MR) is 89.3 cm³/mol. The zero-order valence-electron chi connectivity index (χ0n) is 12.2. The molecule has 104 valence electrons. The van der Waals surface area contributed by atoms with Crippen molar-refractivity contribution in [1.82, 2.24) is 0 Å². The van der Waals surface area contributed by atoms with Gasteiger partial charge in [0.2, 0.25) is 0 Å². The molecule has 2 aromatic carbocycles. The van der Waals surface area contributed by atoms with Gasteiger partial charge in [-0.3, -0.25) is 4.79 Å². The Labute approximate surface area is 126 Å². The highest BCUT2D eigenvalue weighted by molar-refractivity contribution is 6.11. The summed E-state index contributed by atoms with van der Waals surface area (Å²) < 4.78 is 0. The maximum Gasteiger partial charge on any atom is 0.193 e. The number of Topliss-reactive ketones (excluding diaryl/α,β-unsaturated/α-hetero) is 1. The van der Waals surface area contributed by atoms with Gasteiger partial charge in [-0.1, -0.05) is 79.9 Å². The first kappa shape index (κ1) is 14.7. The number of allylic oxidation sites excluding steroid dienone is 4. The molecule has 0 aliphatic rings. The van der Waals surface area contributed by atoms with Gasteiger partial charge in [0.1, 0.15) is 0 Å². The summed E-state index contributed by atoms with van der Waals surface area (Å²) in [5, 5.41) is 0. The van der Waals surface area contributed by atoms with E-state index in [1.165, 1.54) is 0 Å². The van der Waals surface area contributed by atoms with E-state index in [1.807, 2.05) is 61.5 Å². The molecule has 1 heteroatoms. The normalized spacial score (nSPS) is 11.0. The third-order valence-corrected chi connectivity index (χ3v) is 3.24. The lowest BCUT2D eigenvalue weighted by atomic mass is 9.96. The van der Waals surface area contributed by atoms with E-state index in [0.29, 0.717) is 11.1 Å². The van der Waals surface area contributed by atoms with Gasteiger partial charge in [0.25, 0.3) is 0 Å². The summed E-state index contributed by atoms with van der Waals surface area (Å²) in [6, 6.07) is 17.7. The summed E-state index contributed by atoms with van der Waals surface area (Å²) in [4.78, 5) is 12.4. The number of benzene rings is 2. The molecule has 1 nitrogen and oxygen atoms in total. The Hall–Kier alpha value is -2.67. The highest BCUT2D eigenvalue weighted by Gasteiger charge is 2.12. The quantitative estimate of drug-likeness (QED) is 0.415. The van der Waals surface area contributed by atoms with Gasteiger partial charge in [-0.25, -0.2) is 0 Å². The lowest BCUT2D eigenvalue weighted by Gasteiger charge is -2.07. The van der Waals surface area contributed by atoms with Crippen LogP contribution in [0.5, 0.6) is 0 Å². The van der Waals surface area contributed by atoms with E-state index in [4.69, 9.17) is 0 Å². The average Bonchev–Trinajstić information content (AvgIpc) is 2.53. The minimum atomic E-state index is -0.0259. The minimum Gasteiger partial charge on any atom is -0.289 e. The molecule has 0 fully saturated rings. The largest absolute Gasteiger partial charge is 0.289 e. The van der Waals surface area contributed by atoms with Crippen LogP contribution in [0, 0.1) is 0 Å². The zero-order chi connectivity index (χ0) is 15.2. The number of ketones is 1. The van der Waals surface area contributed by atoms with E-state index in [0.717, 1.165) is 16.7 Å². The molecule has 0 heterocycles. The zero-order valence-corrected chi connectivity index (χ0v) is 12.2. The minimum absolute atomic E-state index is 0.0259. The van der Waals surface area contributed by atoms with E-state index in [2.05, 4.69) is 13.2 Å². The van der Waals surface area contributed by atoms with Crippen molar-refractivity contribution < 1.29 is 4.79 Å². The Balaban J connectivity index is 2.31. The molecule has 0 amide bonds. The van der Waals surface area contributed by atoms with Crippen LogP contribution in [0.3, 0.4) is 0 Å². The lowest BCUT2D eigenvalue weighted by molar-refractivity contribution is 0.103. The third-order valence-electron chi connectivity index (χ3n) is 3.24. The van der Waals surface area contributed by atoms with Crippen molar-refractivity contribution in [2.24, 2.45) is 0 Å². The summed E-state index contributed by atoms with van der Waals surface area (Å²) in [7, 11) is 0. The molecule has 2 aromatic rings. The predicted octanol–water partition coefficient (Wildman–Crippen LogP) is 5.22. The van der Waals surface area contributed by atoms with Crippen molar-refractivity contribution in [2.75, 3.05) is 0 Å². The Kier molecular flexibility index (Phi) is 4.68. The smallest absolute Gasteiger partial charge is 0.193 e. The van der Waals surface area contributed by atoms with Gasteiger partial charge in [0.05, 0.1) is 0 Å². The lowest BCUT2D eigenvalue weighted by Crippen LogP contribution is -2.04. The standard InChI is InChI=1S/C20H18O/c1-4-8-19(15(2)3)20(21)18-13-11-17(12-14-18)16-9-6-5-7-10-16/h4-14H,1-2H2,3H3/b19-8+. The topological polar surface area (TPSA) is 17.1 Å². The van der Waals surface area contributed by atoms with Gasteiger partial charge in [-0.15, -0.1) is 0 Å². The second kappa shape index (κ2) is 6.67. The molecule has 0 radical (unpaired) electrons. The fourth-order valence-electron chi connectivity index (χ4n) is 2.13. The highest BCUT2D eigenvalue weighted by atomic mass is 16.1. The van der Waals surface area contributed by atoms with Crippen LogP contribution in [0.2, 0.25) is 0 Å². The summed E-state index contributed by atoms with van der Waals surface area (Å²) in [5.74, 6) is -0.0259. The maximum atomic E-state index is 12.4. The molecule has 0 N–H and O–H groups in total. The van der Waals surface area contributed by atoms with Crippen LogP contribution in [-0.2, 0) is 0 Å². The number of hydrogen-bond acceptors (Lipinski definition) is 1. The SMILES string of the molecule is C=C/C=C(\C(=C)C)C(=O)c1ccc(-c2ccccc2)cc1. The van der Waals surface area contributed by atoms with Gasteiger partial charge < -0.3 is 0 Å². The van der Waals surface area contributed by atoms with Gasteiger partial charge in [0, 0.05) is 11.1 Å². The summed E-state index contributed by atoms with van der Waals surface area (Å²) in [6.45, 7) is 9.32. The highest BCUT2D eigenvalue weighted by Crippen LogP contribution is 2.21. The van der Waals surface area contributed by atoms with E-state index < -0.39 is 0 Å². The van der Waals surface area contributed by atoms with Crippen LogP contribution in [0.15, 0.2) is 91.1 Å². The van der Waals surface area contributed by atoms with E-state index in [-0.39, 0.29) is 5.78 Å². The molecular weight excluding hydrogens is 256 g/mol. The van der Waals surface area contributed by atoms with Gasteiger partial charge >= 0.3 is 0 Å². The molecule has 0 spiro atoms. The first-order valence-corrected chi connectivity index (χ1v) is 6.82. The molecular formula is C20H18O. The van der Waals surface area contributed by atoms with Gasteiger partial charge in [-0.05, 0) is 23.6 Å². The van der Waals surface area contributed by atoms with Crippen LogP contribution in [-0.4, -0.2) is 5.78 Å².